The Morgan fingerprint density at radius 3 is 2.81 bits per heavy atom. The molecule has 148 valence electrons. The third-order valence-electron chi connectivity index (χ3n) is 7.37. The Bertz CT molecular complexity index is 717. The lowest BCUT2D eigenvalue weighted by atomic mass is 9.67. The number of aliphatic hydroxyl groups is 1. The zero-order chi connectivity index (χ0) is 19.8. The van der Waals surface area contributed by atoms with Crippen LogP contribution in [0.2, 0.25) is 0 Å². The number of carbonyl (C=O) groups is 1. The second-order valence-electron chi connectivity index (χ2n) is 9.68. The van der Waals surface area contributed by atoms with Gasteiger partial charge < -0.3 is 5.11 Å². The van der Waals surface area contributed by atoms with Gasteiger partial charge in [-0.25, -0.2) is 0 Å². The third-order valence-corrected chi connectivity index (χ3v) is 7.37. The minimum Gasteiger partial charge on any atom is -0.392 e. The quantitative estimate of drug-likeness (QED) is 0.637. The van der Waals surface area contributed by atoms with E-state index in [1.165, 1.54) is 24.0 Å². The highest BCUT2D eigenvalue weighted by Gasteiger charge is 2.48. The van der Waals surface area contributed by atoms with Gasteiger partial charge in [0.2, 0.25) is 0 Å². The van der Waals surface area contributed by atoms with Gasteiger partial charge in [0.1, 0.15) is 0 Å². The maximum atomic E-state index is 12.6. The number of ketones is 1. The number of carbonyl (C=O) groups excluding carboxylic acids is 1. The first-order valence-corrected chi connectivity index (χ1v) is 10.6. The van der Waals surface area contributed by atoms with Crippen molar-refractivity contribution in [2.24, 2.45) is 29.1 Å². The summed E-state index contributed by atoms with van der Waals surface area (Å²) in [7, 11) is 0. The minimum atomic E-state index is -0.0125. The van der Waals surface area contributed by atoms with E-state index in [2.05, 4.69) is 58.9 Å². The van der Waals surface area contributed by atoms with Gasteiger partial charge in [0.15, 0.2) is 5.78 Å². The molecule has 0 heterocycles. The zero-order valence-corrected chi connectivity index (χ0v) is 17.7. The van der Waals surface area contributed by atoms with Crippen LogP contribution in [0, 0.1) is 29.1 Å². The summed E-state index contributed by atoms with van der Waals surface area (Å²) in [5.74, 6) is 2.40. The average Bonchev–Trinajstić information content (AvgIpc) is 3.04. The molecule has 5 unspecified atom stereocenters. The molecule has 1 saturated carbocycles. The number of rotatable bonds is 4. The lowest BCUT2D eigenvalue weighted by Crippen LogP contribution is -2.30. The first-order valence-electron chi connectivity index (χ1n) is 10.6. The van der Waals surface area contributed by atoms with Crippen molar-refractivity contribution in [1.82, 2.24) is 0 Å². The second kappa shape index (κ2) is 7.91. The smallest absolute Gasteiger partial charge is 0.163 e. The van der Waals surface area contributed by atoms with Crippen LogP contribution in [0.3, 0.4) is 0 Å². The number of fused-ring (bicyclic) bond motifs is 1. The van der Waals surface area contributed by atoms with Gasteiger partial charge in [-0.1, -0.05) is 56.2 Å². The molecule has 0 saturated heterocycles. The van der Waals surface area contributed by atoms with Crippen LogP contribution in [0.4, 0.5) is 0 Å². The molecule has 5 atom stereocenters. The molecule has 1 fully saturated rings. The Kier molecular flexibility index (Phi) is 5.96. The molecule has 0 aromatic heterocycles. The van der Waals surface area contributed by atoms with Gasteiger partial charge >= 0.3 is 0 Å². The van der Waals surface area contributed by atoms with Crippen LogP contribution in [-0.2, 0) is 4.79 Å². The molecule has 2 nitrogen and oxygen atoms in total. The maximum Gasteiger partial charge on any atom is 0.163 e. The predicted molar refractivity (Wildman–Crippen MR) is 112 cm³/mol. The molecule has 3 aliphatic carbocycles. The number of aliphatic hydroxyl groups excluding tert-OH is 1. The fourth-order valence-electron chi connectivity index (χ4n) is 5.80. The highest BCUT2D eigenvalue weighted by Crippen LogP contribution is 2.57. The molecule has 1 N–H and O–H groups in total. The Morgan fingerprint density at radius 2 is 2.15 bits per heavy atom. The summed E-state index contributed by atoms with van der Waals surface area (Å²) in [4.78, 5) is 12.6. The van der Waals surface area contributed by atoms with Crippen LogP contribution in [0.25, 0.3) is 0 Å². The molecule has 0 aliphatic heterocycles. The molecule has 0 aromatic rings. The summed E-state index contributed by atoms with van der Waals surface area (Å²) in [5, 5.41) is 9.93. The van der Waals surface area contributed by atoms with Gasteiger partial charge in [0, 0.05) is 12.0 Å². The van der Waals surface area contributed by atoms with Crippen LogP contribution in [0.5, 0.6) is 0 Å². The fraction of sp³-hybridized carbons (Fsp3) is 0.640. The summed E-state index contributed by atoms with van der Waals surface area (Å²) in [6.07, 6.45) is 14.1. The van der Waals surface area contributed by atoms with E-state index < -0.39 is 0 Å². The second-order valence-corrected chi connectivity index (χ2v) is 9.68. The first-order chi connectivity index (χ1) is 12.8. The molecule has 0 amide bonds. The molecule has 3 rings (SSSR count). The van der Waals surface area contributed by atoms with Gasteiger partial charge in [-0.2, -0.15) is 0 Å². The monoisotopic (exact) mass is 368 g/mol. The molecule has 0 aromatic carbocycles. The van der Waals surface area contributed by atoms with Gasteiger partial charge in [-0.15, -0.1) is 0 Å². The van der Waals surface area contributed by atoms with Gasteiger partial charge in [0.05, 0.1) is 6.61 Å². The third kappa shape index (κ3) is 3.92. The van der Waals surface area contributed by atoms with E-state index in [1.807, 2.05) is 0 Å². The number of allylic oxidation sites excluding steroid dienone is 6. The topological polar surface area (TPSA) is 37.3 Å². The fourth-order valence-corrected chi connectivity index (χ4v) is 5.80. The number of hydrogen-bond acceptors (Lipinski definition) is 2. The number of hydrogen-bond donors (Lipinski definition) is 1. The van der Waals surface area contributed by atoms with E-state index in [1.54, 1.807) is 0 Å². The van der Waals surface area contributed by atoms with E-state index in [-0.39, 0.29) is 17.8 Å². The minimum absolute atomic E-state index is 0.0125. The molecule has 0 spiro atoms. The Labute approximate surface area is 165 Å². The standard InChI is InChI=1S/C25H36O2/c1-16(2)7-6-8-17(3)20-11-12-25(5)14-21-18(4)13-23(27)24(21)19(15-26)9-10-22(20)25/h6-9,17-18,20,22,26H,10-15H2,1-5H3. The summed E-state index contributed by atoms with van der Waals surface area (Å²) in [6, 6.07) is 0. The molecule has 3 aliphatic rings. The van der Waals surface area contributed by atoms with E-state index in [0.29, 0.717) is 30.1 Å². The molecular weight excluding hydrogens is 332 g/mol. The van der Waals surface area contributed by atoms with Crippen molar-refractivity contribution in [2.75, 3.05) is 6.61 Å². The lowest BCUT2D eigenvalue weighted by molar-refractivity contribution is -0.115. The predicted octanol–water partition coefficient (Wildman–Crippen LogP) is 5.80. The Hall–Kier alpha value is -1.41. The van der Waals surface area contributed by atoms with Gasteiger partial charge in [-0.3, -0.25) is 4.79 Å². The molecule has 2 heteroatoms. The van der Waals surface area contributed by atoms with Crippen molar-refractivity contribution in [3.8, 4) is 0 Å². The summed E-state index contributed by atoms with van der Waals surface area (Å²) >= 11 is 0. The highest BCUT2D eigenvalue weighted by molar-refractivity contribution is 6.03. The van der Waals surface area contributed by atoms with Crippen molar-refractivity contribution in [2.45, 2.75) is 66.7 Å². The molecular formula is C25H36O2. The average molecular weight is 369 g/mol. The Morgan fingerprint density at radius 1 is 1.41 bits per heavy atom. The SMILES string of the molecule is CC(C)=CC=CC(C)C1CCC2(C)CC3=C(C(=O)CC3C)C(CO)=CCC12. The van der Waals surface area contributed by atoms with Crippen LogP contribution >= 0.6 is 0 Å². The van der Waals surface area contributed by atoms with E-state index in [0.717, 1.165) is 24.0 Å². The number of Topliss-reactive ketones (excluding diaryl/α,β-unsaturated/α-hetero) is 1. The van der Waals surface area contributed by atoms with Crippen molar-refractivity contribution in [1.29, 1.82) is 0 Å². The van der Waals surface area contributed by atoms with Crippen molar-refractivity contribution < 1.29 is 9.90 Å². The maximum absolute atomic E-state index is 12.6. The normalized spacial score (nSPS) is 34.8. The largest absolute Gasteiger partial charge is 0.392 e. The Balaban J connectivity index is 1.90. The van der Waals surface area contributed by atoms with E-state index in [9.17, 15) is 9.90 Å². The van der Waals surface area contributed by atoms with Crippen LogP contribution in [0.15, 0.2) is 46.6 Å². The summed E-state index contributed by atoms with van der Waals surface area (Å²) in [5.41, 5.74) is 4.68. The summed E-state index contributed by atoms with van der Waals surface area (Å²) in [6.45, 7) is 11.2. The van der Waals surface area contributed by atoms with Crippen LogP contribution < -0.4 is 0 Å². The van der Waals surface area contributed by atoms with Crippen molar-refractivity contribution >= 4 is 5.78 Å². The first kappa shape index (κ1) is 20.3. The van der Waals surface area contributed by atoms with E-state index in [4.69, 9.17) is 0 Å². The van der Waals surface area contributed by atoms with Gasteiger partial charge in [0.25, 0.3) is 0 Å². The lowest BCUT2D eigenvalue weighted by Gasteiger charge is -2.38. The van der Waals surface area contributed by atoms with Crippen molar-refractivity contribution in [3.05, 3.63) is 46.6 Å². The molecule has 0 bridgehead atoms. The highest BCUT2D eigenvalue weighted by atomic mass is 16.3. The van der Waals surface area contributed by atoms with Crippen LogP contribution in [-0.4, -0.2) is 17.5 Å². The van der Waals surface area contributed by atoms with Crippen molar-refractivity contribution in [3.63, 3.8) is 0 Å². The van der Waals surface area contributed by atoms with E-state index >= 15 is 0 Å². The van der Waals surface area contributed by atoms with Crippen LogP contribution in [0.1, 0.15) is 66.7 Å². The summed E-state index contributed by atoms with van der Waals surface area (Å²) < 4.78 is 0. The molecule has 27 heavy (non-hydrogen) atoms. The van der Waals surface area contributed by atoms with Gasteiger partial charge in [-0.05, 0) is 74.2 Å². The zero-order valence-electron chi connectivity index (χ0n) is 17.7. The molecule has 0 radical (unpaired) electrons.